The Kier molecular flexibility index (Phi) is 4.77. The molecule has 102 valence electrons. The lowest BCUT2D eigenvalue weighted by Crippen LogP contribution is -2.20. The Morgan fingerprint density at radius 2 is 2.11 bits per heavy atom. The molecule has 0 saturated heterocycles. The minimum absolute atomic E-state index is 0.307. The van der Waals surface area contributed by atoms with Gasteiger partial charge in [0, 0.05) is 7.05 Å². The number of aryl methyl sites for hydroxylation is 3. The van der Waals surface area contributed by atoms with Gasteiger partial charge >= 0.3 is 0 Å². The molecule has 1 atom stereocenters. The molecule has 0 amide bonds. The smallest absolute Gasteiger partial charge is 0.0692 e. The first-order valence-electron chi connectivity index (χ1n) is 6.52. The molecule has 2 aromatic rings. The van der Waals surface area contributed by atoms with Crippen LogP contribution in [0.25, 0.3) is 0 Å². The Morgan fingerprint density at radius 3 is 2.68 bits per heavy atom. The minimum Gasteiger partial charge on any atom is -0.312 e. The van der Waals surface area contributed by atoms with Gasteiger partial charge in [-0.25, -0.2) is 0 Å². The van der Waals surface area contributed by atoms with Crippen molar-refractivity contribution in [3.05, 3.63) is 51.8 Å². The summed E-state index contributed by atoms with van der Waals surface area (Å²) in [7, 11) is 3.99. The van der Waals surface area contributed by atoms with Gasteiger partial charge < -0.3 is 5.32 Å². The molecule has 19 heavy (non-hydrogen) atoms. The minimum atomic E-state index is 0.307. The second-order valence-corrected chi connectivity index (χ2v) is 5.66. The molecule has 1 N–H and O–H groups in total. The van der Waals surface area contributed by atoms with E-state index in [1.807, 2.05) is 25.0 Å². The van der Waals surface area contributed by atoms with Crippen LogP contribution in [-0.4, -0.2) is 16.8 Å². The number of hydrogen-bond acceptors (Lipinski definition) is 2. The normalized spacial score (nSPS) is 12.6. The summed E-state index contributed by atoms with van der Waals surface area (Å²) >= 11 is 3.58. The van der Waals surface area contributed by atoms with E-state index in [4.69, 9.17) is 0 Å². The third-order valence-electron chi connectivity index (χ3n) is 3.58. The van der Waals surface area contributed by atoms with Gasteiger partial charge in [-0.2, -0.15) is 5.10 Å². The van der Waals surface area contributed by atoms with Crippen LogP contribution in [0.4, 0.5) is 0 Å². The number of rotatable bonds is 5. The van der Waals surface area contributed by atoms with Gasteiger partial charge in [0.15, 0.2) is 0 Å². The number of aromatic nitrogens is 2. The van der Waals surface area contributed by atoms with Crippen molar-refractivity contribution in [2.24, 2.45) is 7.05 Å². The summed E-state index contributed by atoms with van der Waals surface area (Å²) in [4.78, 5) is 0. The lowest BCUT2D eigenvalue weighted by Gasteiger charge is -2.18. The van der Waals surface area contributed by atoms with Crippen molar-refractivity contribution in [1.82, 2.24) is 15.1 Å². The van der Waals surface area contributed by atoms with E-state index in [9.17, 15) is 0 Å². The number of halogens is 1. The van der Waals surface area contributed by atoms with E-state index in [-0.39, 0.29) is 0 Å². The Bertz CT molecular complexity index is 529. The molecule has 1 unspecified atom stereocenters. The Labute approximate surface area is 123 Å². The van der Waals surface area contributed by atoms with Crippen LogP contribution in [0.15, 0.2) is 34.9 Å². The van der Waals surface area contributed by atoms with E-state index in [2.05, 4.69) is 57.5 Å². The van der Waals surface area contributed by atoms with E-state index in [1.54, 1.807) is 0 Å². The fraction of sp³-hybridized carbons (Fsp3) is 0.400. The Morgan fingerprint density at radius 1 is 1.37 bits per heavy atom. The van der Waals surface area contributed by atoms with Crippen molar-refractivity contribution in [2.45, 2.75) is 25.8 Å². The van der Waals surface area contributed by atoms with Crippen molar-refractivity contribution >= 4 is 15.9 Å². The van der Waals surface area contributed by atoms with Gasteiger partial charge in [-0.15, -0.1) is 0 Å². The molecule has 0 radical (unpaired) electrons. The third-order valence-corrected chi connectivity index (χ3v) is 4.19. The SMILES string of the molecule is CNC(CCc1ccccc1C)c1c(Br)cnn1C. The topological polar surface area (TPSA) is 29.9 Å². The third kappa shape index (κ3) is 3.25. The summed E-state index contributed by atoms with van der Waals surface area (Å²) < 4.78 is 3.00. The van der Waals surface area contributed by atoms with Gasteiger partial charge in [0.1, 0.15) is 0 Å². The zero-order chi connectivity index (χ0) is 13.8. The highest BCUT2D eigenvalue weighted by molar-refractivity contribution is 9.10. The first-order chi connectivity index (χ1) is 9.13. The van der Waals surface area contributed by atoms with Gasteiger partial charge in [-0.05, 0) is 53.9 Å². The average molecular weight is 322 g/mol. The van der Waals surface area contributed by atoms with Crippen LogP contribution in [0, 0.1) is 6.92 Å². The summed E-state index contributed by atoms with van der Waals surface area (Å²) in [5, 5.41) is 7.67. The predicted molar refractivity (Wildman–Crippen MR) is 82.2 cm³/mol. The van der Waals surface area contributed by atoms with Gasteiger partial charge in [-0.3, -0.25) is 4.68 Å². The lowest BCUT2D eigenvalue weighted by atomic mass is 9.99. The maximum Gasteiger partial charge on any atom is 0.0692 e. The quantitative estimate of drug-likeness (QED) is 0.914. The number of nitrogens with one attached hydrogen (secondary N) is 1. The largest absolute Gasteiger partial charge is 0.312 e. The van der Waals surface area contributed by atoms with Crippen LogP contribution in [0.1, 0.15) is 29.3 Å². The van der Waals surface area contributed by atoms with Crippen LogP contribution in [0.5, 0.6) is 0 Å². The molecule has 3 nitrogen and oxygen atoms in total. The van der Waals surface area contributed by atoms with Crippen LogP contribution >= 0.6 is 15.9 Å². The number of benzene rings is 1. The molecule has 2 rings (SSSR count). The molecular formula is C15H20BrN3. The summed E-state index contributed by atoms with van der Waals surface area (Å²) in [6.07, 6.45) is 3.97. The van der Waals surface area contributed by atoms with E-state index >= 15 is 0 Å². The molecule has 0 bridgehead atoms. The standard InChI is InChI=1S/C15H20BrN3/c1-11-6-4-5-7-12(11)8-9-14(17-2)15-13(16)10-18-19(15)3/h4-7,10,14,17H,8-9H2,1-3H3. The van der Waals surface area contributed by atoms with Gasteiger partial charge in [-0.1, -0.05) is 24.3 Å². The van der Waals surface area contributed by atoms with Gasteiger partial charge in [0.25, 0.3) is 0 Å². The number of hydrogen-bond donors (Lipinski definition) is 1. The van der Waals surface area contributed by atoms with Crippen molar-refractivity contribution in [1.29, 1.82) is 0 Å². The van der Waals surface area contributed by atoms with Crippen LogP contribution in [0.3, 0.4) is 0 Å². The van der Waals surface area contributed by atoms with Crippen molar-refractivity contribution < 1.29 is 0 Å². The summed E-state index contributed by atoms with van der Waals surface area (Å²) in [5.41, 5.74) is 3.98. The number of nitrogens with zero attached hydrogens (tertiary/aromatic N) is 2. The second-order valence-electron chi connectivity index (χ2n) is 4.81. The first-order valence-corrected chi connectivity index (χ1v) is 7.32. The average Bonchev–Trinajstić information content (AvgIpc) is 2.73. The summed E-state index contributed by atoms with van der Waals surface area (Å²) in [6, 6.07) is 8.88. The highest BCUT2D eigenvalue weighted by Gasteiger charge is 2.17. The lowest BCUT2D eigenvalue weighted by molar-refractivity contribution is 0.504. The summed E-state index contributed by atoms with van der Waals surface area (Å²) in [6.45, 7) is 2.17. The Balaban J connectivity index is 2.11. The van der Waals surface area contributed by atoms with Crippen LogP contribution < -0.4 is 5.32 Å². The van der Waals surface area contributed by atoms with E-state index in [0.717, 1.165) is 17.3 Å². The highest BCUT2D eigenvalue weighted by atomic mass is 79.9. The maximum absolute atomic E-state index is 4.29. The fourth-order valence-corrected chi connectivity index (χ4v) is 3.04. The van der Waals surface area contributed by atoms with E-state index < -0.39 is 0 Å². The van der Waals surface area contributed by atoms with E-state index in [1.165, 1.54) is 16.8 Å². The van der Waals surface area contributed by atoms with E-state index in [0.29, 0.717) is 6.04 Å². The zero-order valence-corrected chi connectivity index (χ0v) is 13.2. The molecule has 0 spiro atoms. The van der Waals surface area contributed by atoms with Crippen molar-refractivity contribution in [3.8, 4) is 0 Å². The van der Waals surface area contributed by atoms with Gasteiger partial charge in [0.05, 0.1) is 22.4 Å². The maximum atomic E-state index is 4.29. The zero-order valence-electron chi connectivity index (χ0n) is 11.7. The second kappa shape index (κ2) is 6.35. The molecule has 0 fully saturated rings. The molecule has 4 heteroatoms. The molecule has 1 aromatic carbocycles. The molecule has 1 heterocycles. The molecular weight excluding hydrogens is 302 g/mol. The van der Waals surface area contributed by atoms with Gasteiger partial charge in [0.2, 0.25) is 0 Å². The highest BCUT2D eigenvalue weighted by Crippen LogP contribution is 2.26. The molecule has 0 aliphatic heterocycles. The molecule has 1 aromatic heterocycles. The Hall–Kier alpha value is -1.13. The monoisotopic (exact) mass is 321 g/mol. The van der Waals surface area contributed by atoms with Crippen LogP contribution in [0.2, 0.25) is 0 Å². The molecule has 0 aliphatic carbocycles. The predicted octanol–water partition coefficient (Wildman–Crippen LogP) is 3.38. The summed E-state index contributed by atoms with van der Waals surface area (Å²) in [5.74, 6) is 0. The molecule has 0 aliphatic rings. The van der Waals surface area contributed by atoms with Crippen molar-refractivity contribution in [3.63, 3.8) is 0 Å². The van der Waals surface area contributed by atoms with Crippen LogP contribution in [-0.2, 0) is 13.5 Å². The van der Waals surface area contributed by atoms with Crippen molar-refractivity contribution in [2.75, 3.05) is 7.05 Å². The fourth-order valence-electron chi connectivity index (χ4n) is 2.42. The first kappa shape index (κ1) is 14.3. The molecule has 0 saturated carbocycles.